The maximum atomic E-state index is 12.4. The smallest absolute Gasteiger partial charge is 0.307 e. The van der Waals surface area contributed by atoms with Gasteiger partial charge < -0.3 is 10.4 Å². The Kier molecular flexibility index (Phi) is 4.78. The van der Waals surface area contributed by atoms with Gasteiger partial charge in [-0.05, 0) is 32.3 Å². The number of carbonyl (C=O) groups excluding carboxylic acids is 1. The third-order valence-corrected chi connectivity index (χ3v) is 3.99. The standard InChI is InChI=1S/C17H21NO3/c1-11-6-5-7-13(10-11)12(2)18-16(19)14-8-3-4-9-15(14)17(20)21/h3-7,10,12,14-15H,8-9H2,1-2H3,(H,18,19)(H,20,21)/t12-,14?,15?/m1/s1. The average Bonchev–Trinajstić information content (AvgIpc) is 2.47. The van der Waals surface area contributed by atoms with Gasteiger partial charge in [-0.2, -0.15) is 0 Å². The summed E-state index contributed by atoms with van der Waals surface area (Å²) < 4.78 is 0. The monoisotopic (exact) mass is 287 g/mol. The van der Waals surface area contributed by atoms with E-state index >= 15 is 0 Å². The zero-order chi connectivity index (χ0) is 15.4. The van der Waals surface area contributed by atoms with Crippen LogP contribution in [0.3, 0.4) is 0 Å². The molecule has 3 atom stereocenters. The number of amides is 1. The normalized spacial score (nSPS) is 22.6. The number of rotatable bonds is 4. The molecule has 0 bridgehead atoms. The summed E-state index contributed by atoms with van der Waals surface area (Å²) in [6.07, 6.45) is 4.64. The molecule has 2 rings (SSSR count). The number of carboxylic acid groups (broad SMARTS) is 1. The summed E-state index contributed by atoms with van der Waals surface area (Å²) in [5.74, 6) is -2.19. The summed E-state index contributed by atoms with van der Waals surface area (Å²) in [6, 6.07) is 7.83. The molecule has 1 aromatic carbocycles. The first kappa shape index (κ1) is 15.3. The van der Waals surface area contributed by atoms with Crippen LogP contribution in [0.1, 0.15) is 36.9 Å². The van der Waals surface area contributed by atoms with E-state index in [1.165, 1.54) is 0 Å². The molecule has 0 aliphatic heterocycles. The second-order valence-corrected chi connectivity index (χ2v) is 5.64. The summed E-state index contributed by atoms with van der Waals surface area (Å²) in [7, 11) is 0. The van der Waals surface area contributed by atoms with Crippen LogP contribution in [0.2, 0.25) is 0 Å². The van der Waals surface area contributed by atoms with Crippen molar-refractivity contribution < 1.29 is 14.7 Å². The number of carbonyl (C=O) groups is 2. The summed E-state index contributed by atoms with van der Waals surface area (Å²) in [5.41, 5.74) is 2.17. The highest BCUT2D eigenvalue weighted by molar-refractivity contribution is 5.85. The first-order valence-electron chi connectivity index (χ1n) is 7.23. The number of nitrogens with one attached hydrogen (secondary N) is 1. The third kappa shape index (κ3) is 3.72. The molecule has 21 heavy (non-hydrogen) atoms. The lowest BCUT2D eigenvalue weighted by molar-refractivity contribution is -0.147. The molecule has 112 valence electrons. The molecule has 4 nitrogen and oxygen atoms in total. The molecule has 2 N–H and O–H groups in total. The average molecular weight is 287 g/mol. The second kappa shape index (κ2) is 6.57. The fourth-order valence-corrected chi connectivity index (χ4v) is 2.72. The van der Waals surface area contributed by atoms with Crippen molar-refractivity contribution in [1.82, 2.24) is 5.32 Å². The molecule has 2 unspecified atom stereocenters. The van der Waals surface area contributed by atoms with Crippen molar-refractivity contribution in [2.75, 3.05) is 0 Å². The zero-order valence-corrected chi connectivity index (χ0v) is 12.4. The topological polar surface area (TPSA) is 66.4 Å². The Labute approximate surface area is 124 Å². The minimum Gasteiger partial charge on any atom is -0.481 e. The van der Waals surface area contributed by atoms with Crippen LogP contribution in [0.5, 0.6) is 0 Å². The van der Waals surface area contributed by atoms with Crippen LogP contribution in [0.25, 0.3) is 0 Å². The molecule has 4 heteroatoms. The van der Waals surface area contributed by atoms with Gasteiger partial charge in [0.15, 0.2) is 0 Å². The molecular weight excluding hydrogens is 266 g/mol. The van der Waals surface area contributed by atoms with Crippen molar-refractivity contribution >= 4 is 11.9 Å². The van der Waals surface area contributed by atoms with E-state index in [0.717, 1.165) is 11.1 Å². The van der Waals surface area contributed by atoms with E-state index in [4.69, 9.17) is 0 Å². The van der Waals surface area contributed by atoms with Gasteiger partial charge in [0.2, 0.25) is 5.91 Å². The van der Waals surface area contributed by atoms with E-state index in [9.17, 15) is 14.7 Å². The maximum Gasteiger partial charge on any atom is 0.307 e. The van der Waals surface area contributed by atoms with E-state index in [0.29, 0.717) is 12.8 Å². The van der Waals surface area contributed by atoms with Crippen molar-refractivity contribution in [3.63, 3.8) is 0 Å². The van der Waals surface area contributed by atoms with E-state index in [1.54, 1.807) is 0 Å². The molecule has 0 radical (unpaired) electrons. The maximum absolute atomic E-state index is 12.4. The number of allylic oxidation sites excluding steroid dienone is 2. The van der Waals surface area contributed by atoms with E-state index < -0.39 is 17.8 Å². The highest BCUT2D eigenvalue weighted by Crippen LogP contribution is 2.27. The molecule has 0 heterocycles. The molecule has 0 spiro atoms. The lowest BCUT2D eigenvalue weighted by Crippen LogP contribution is -2.39. The molecule has 0 saturated carbocycles. The highest BCUT2D eigenvalue weighted by Gasteiger charge is 2.34. The molecular formula is C17H21NO3. The molecule has 0 aromatic heterocycles. The van der Waals surface area contributed by atoms with Crippen molar-refractivity contribution in [3.05, 3.63) is 47.5 Å². The van der Waals surface area contributed by atoms with Crippen molar-refractivity contribution in [2.24, 2.45) is 11.8 Å². The lowest BCUT2D eigenvalue weighted by Gasteiger charge is -2.26. The van der Waals surface area contributed by atoms with Gasteiger partial charge >= 0.3 is 5.97 Å². The first-order valence-corrected chi connectivity index (χ1v) is 7.23. The molecule has 0 saturated heterocycles. The van der Waals surface area contributed by atoms with E-state index in [2.05, 4.69) is 5.32 Å². The lowest BCUT2D eigenvalue weighted by atomic mass is 9.82. The Morgan fingerprint density at radius 3 is 2.52 bits per heavy atom. The third-order valence-electron chi connectivity index (χ3n) is 3.99. The van der Waals surface area contributed by atoms with Gasteiger partial charge in [0.1, 0.15) is 0 Å². The van der Waals surface area contributed by atoms with Crippen LogP contribution in [0.4, 0.5) is 0 Å². The molecule has 1 aliphatic carbocycles. The number of benzene rings is 1. The van der Waals surface area contributed by atoms with E-state index in [-0.39, 0.29) is 11.9 Å². The molecule has 1 aromatic rings. The van der Waals surface area contributed by atoms with Crippen molar-refractivity contribution in [2.45, 2.75) is 32.7 Å². The number of carboxylic acids is 1. The van der Waals surface area contributed by atoms with Crippen molar-refractivity contribution in [1.29, 1.82) is 0 Å². The quantitative estimate of drug-likeness (QED) is 0.837. The SMILES string of the molecule is Cc1cccc([C@@H](C)NC(=O)C2CC=CCC2C(=O)O)c1. The van der Waals surface area contributed by atoms with Gasteiger partial charge in [-0.25, -0.2) is 0 Å². The predicted octanol–water partition coefficient (Wildman–Crippen LogP) is 2.84. The summed E-state index contributed by atoms with van der Waals surface area (Å²) in [6.45, 7) is 3.92. The van der Waals surface area contributed by atoms with Crippen LogP contribution < -0.4 is 5.32 Å². The number of aryl methyl sites for hydroxylation is 1. The zero-order valence-electron chi connectivity index (χ0n) is 12.4. The Balaban J connectivity index is 2.06. The fraction of sp³-hybridized carbons (Fsp3) is 0.412. The van der Waals surface area contributed by atoms with E-state index in [1.807, 2.05) is 50.3 Å². The van der Waals surface area contributed by atoms with Gasteiger partial charge in [-0.1, -0.05) is 42.0 Å². The summed E-state index contributed by atoms with van der Waals surface area (Å²) >= 11 is 0. The fourth-order valence-electron chi connectivity index (χ4n) is 2.72. The molecule has 1 amide bonds. The second-order valence-electron chi connectivity index (χ2n) is 5.64. The van der Waals surface area contributed by atoms with Gasteiger partial charge in [-0.3, -0.25) is 9.59 Å². The minimum atomic E-state index is -0.900. The predicted molar refractivity (Wildman–Crippen MR) is 80.7 cm³/mol. The van der Waals surface area contributed by atoms with Crippen LogP contribution >= 0.6 is 0 Å². The van der Waals surface area contributed by atoms with Crippen molar-refractivity contribution in [3.8, 4) is 0 Å². The van der Waals surface area contributed by atoms with Crippen LogP contribution in [0.15, 0.2) is 36.4 Å². The summed E-state index contributed by atoms with van der Waals surface area (Å²) in [4.78, 5) is 23.6. The minimum absolute atomic E-state index is 0.127. The van der Waals surface area contributed by atoms with Crippen LogP contribution in [-0.2, 0) is 9.59 Å². The largest absolute Gasteiger partial charge is 0.481 e. The Hall–Kier alpha value is -2.10. The number of hydrogen-bond acceptors (Lipinski definition) is 2. The highest BCUT2D eigenvalue weighted by atomic mass is 16.4. The molecule has 1 aliphatic rings. The Bertz CT molecular complexity index is 565. The van der Waals surface area contributed by atoms with Crippen LogP contribution in [0, 0.1) is 18.8 Å². The first-order chi connectivity index (χ1) is 9.99. The Morgan fingerprint density at radius 1 is 1.24 bits per heavy atom. The van der Waals surface area contributed by atoms with Gasteiger partial charge in [0.05, 0.1) is 17.9 Å². The Morgan fingerprint density at radius 2 is 1.90 bits per heavy atom. The van der Waals surface area contributed by atoms with Crippen LogP contribution in [-0.4, -0.2) is 17.0 Å². The number of aliphatic carboxylic acids is 1. The molecule has 0 fully saturated rings. The van der Waals surface area contributed by atoms with Gasteiger partial charge in [-0.15, -0.1) is 0 Å². The van der Waals surface area contributed by atoms with Gasteiger partial charge in [0.25, 0.3) is 0 Å². The number of hydrogen-bond donors (Lipinski definition) is 2. The van der Waals surface area contributed by atoms with Gasteiger partial charge in [0, 0.05) is 0 Å². The summed E-state index contributed by atoms with van der Waals surface area (Å²) in [5, 5.41) is 12.2.